The van der Waals surface area contributed by atoms with Crippen LogP contribution in [0.3, 0.4) is 0 Å². The van der Waals surface area contributed by atoms with Gasteiger partial charge in [-0.05, 0) is 32.4 Å². The monoisotopic (exact) mass is 291 g/mol. The number of carbonyl (C=O) groups is 1. The molecule has 0 bridgehead atoms. The van der Waals surface area contributed by atoms with Crippen LogP contribution in [0, 0.1) is 6.92 Å². The first kappa shape index (κ1) is 14.5. The number of nitrogens with one attached hydrogen (secondary N) is 1. The van der Waals surface area contributed by atoms with Crippen LogP contribution in [0.5, 0.6) is 5.75 Å². The van der Waals surface area contributed by atoms with E-state index in [0.29, 0.717) is 10.9 Å². The highest BCUT2D eigenvalue weighted by Gasteiger charge is 2.16. The first-order valence-corrected chi connectivity index (χ1v) is 7.26. The molecule has 0 fully saturated rings. The minimum absolute atomic E-state index is 0.232. The van der Waals surface area contributed by atoms with Gasteiger partial charge in [0.05, 0.1) is 0 Å². The van der Waals surface area contributed by atoms with Crippen LogP contribution in [0.2, 0.25) is 0 Å². The predicted octanol–water partition coefficient (Wildman–Crippen LogP) is 2.81. The van der Waals surface area contributed by atoms with Crippen molar-refractivity contribution in [3.8, 4) is 5.75 Å². The zero-order valence-electron chi connectivity index (χ0n) is 11.7. The Labute approximate surface area is 122 Å². The normalized spacial score (nSPS) is 11.9. The highest BCUT2D eigenvalue weighted by Crippen LogP contribution is 2.17. The summed E-state index contributed by atoms with van der Waals surface area (Å²) in [5.74, 6) is 0.439. The van der Waals surface area contributed by atoms with Gasteiger partial charge >= 0.3 is 0 Å². The third-order valence-corrected chi connectivity index (χ3v) is 3.69. The number of anilines is 1. The Morgan fingerprint density at radius 2 is 2.05 bits per heavy atom. The number of aryl methyl sites for hydroxylation is 2. The van der Waals surface area contributed by atoms with E-state index in [1.807, 2.05) is 38.1 Å². The molecule has 2 rings (SSSR count). The zero-order chi connectivity index (χ0) is 14.5. The van der Waals surface area contributed by atoms with Crippen molar-refractivity contribution < 1.29 is 9.53 Å². The molecule has 1 unspecified atom stereocenters. The van der Waals surface area contributed by atoms with E-state index in [9.17, 15) is 4.79 Å². The van der Waals surface area contributed by atoms with Gasteiger partial charge in [-0.2, -0.15) is 0 Å². The smallest absolute Gasteiger partial charge is 0.266 e. The van der Waals surface area contributed by atoms with Crippen LogP contribution < -0.4 is 10.1 Å². The van der Waals surface area contributed by atoms with Gasteiger partial charge in [-0.15, -0.1) is 10.2 Å². The van der Waals surface area contributed by atoms with E-state index < -0.39 is 6.10 Å². The lowest BCUT2D eigenvalue weighted by atomic mass is 10.2. The van der Waals surface area contributed by atoms with Crippen molar-refractivity contribution in [1.29, 1.82) is 0 Å². The molecule has 0 spiro atoms. The fraction of sp³-hybridized carbons (Fsp3) is 0.357. The molecule has 2 aromatic rings. The lowest BCUT2D eigenvalue weighted by Crippen LogP contribution is -2.30. The third kappa shape index (κ3) is 3.77. The Kier molecular flexibility index (Phi) is 4.68. The summed E-state index contributed by atoms with van der Waals surface area (Å²) in [7, 11) is 0. The van der Waals surface area contributed by atoms with Crippen molar-refractivity contribution in [1.82, 2.24) is 10.2 Å². The topological polar surface area (TPSA) is 64.1 Å². The zero-order valence-corrected chi connectivity index (χ0v) is 12.5. The molecule has 6 heteroatoms. The Hall–Kier alpha value is -1.95. The predicted molar refractivity (Wildman–Crippen MR) is 79.2 cm³/mol. The number of amides is 1. The largest absolute Gasteiger partial charge is 0.481 e. The number of ether oxygens (including phenoxy) is 1. The SMILES string of the molecule is CCc1nnc(NC(=O)C(C)Oc2ccc(C)cc2)s1. The number of hydrogen-bond acceptors (Lipinski definition) is 5. The molecule has 1 amide bonds. The molecule has 1 aromatic heterocycles. The molecule has 0 aliphatic carbocycles. The first-order chi connectivity index (χ1) is 9.58. The molecular weight excluding hydrogens is 274 g/mol. The number of carbonyl (C=O) groups excluding carboxylic acids is 1. The summed E-state index contributed by atoms with van der Waals surface area (Å²) in [5, 5.41) is 12.0. The number of hydrogen-bond donors (Lipinski definition) is 1. The number of nitrogens with zero attached hydrogens (tertiary/aromatic N) is 2. The maximum absolute atomic E-state index is 12.0. The molecule has 1 N–H and O–H groups in total. The van der Waals surface area contributed by atoms with Gasteiger partial charge in [0.2, 0.25) is 5.13 Å². The van der Waals surface area contributed by atoms with E-state index in [0.717, 1.165) is 17.0 Å². The first-order valence-electron chi connectivity index (χ1n) is 6.45. The summed E-state index contributed by atoms with van der Waals surface area (Å²) in [5.41, 5.74) is 1.15. The van der Waals surface area contributed by atoms with E-state index in [-0.39, 0.29) is 5.91 Å². The van der Waals surface area contributed by atoms with Crippen molar-refractivity contribution in [2.45, 2.75) is 33.3 Å². The average Bonchev–Trinajstić information content (AvgIpc) is 2.89. The van der Waals surface area contributed by atoms with Gasteiger partial charge in [0.15, 0.2) is 6.10 Å². The van der Waals surface area contributed by atoms with Gasteiger partial charge in [0.1, 0.15) is 10.8 Å². The van der Waals surface area contributed by atoms with Crippen LogP contribution in [0.1, 0.15) is 24.4 Å². The Morgan fingerprint density at radius 1 is 1.35 bits per heavy atom. The molecule has 0 saturated heterocycles. The second kappa shape index (κ2) is 6.47. The molecule has 5 nitrogen and oxygen atoms in total. The highest BCUT2D eigenvalue weighted by molar-refractivity contribution is 7.15. The number of aromatic nitrogens is 2. The summed E-state index contributed by atoms with van der Waals surface area (Å²) >= 11 is 1.38. The summed E-state index contributed by atoms with van der Waals surface area (Å²) in [6.45, 7) is 5.70. The van der Waals surface area contributed by atoms with Crippen molar-refractivity contribution in [2.75, 3.05) is 5.32 Å². The van der Waals surface area contributed by atoms with Crippen LogP contribution >= 0.6 is 11.3 Å². The van der Waals surface area contributed by atoms with Gasteiger partial charge in [0, 0.05) is 0 Å². The molecule has 1 aromatic carbocycles. The van der Waals surface area contributed by atoms with Gasteiger partial charge in [-0.3, -0.25) is 10.1 Å². The van der Waals surface area contributed by atoms with E-state index in [1.165, 1.54) is 11.3 Å². The van der Waals surface area contributed by atoms with E-state index in [4.69, 9.17) is 4.74 Å². The number of benzene rings is 1. The highest BCUT2D eigenvalue weighted by atomic mass is 32.1. The van der Waals surface area contributed by atoms with Crippen molar-refractivity contribution >= 4 is 22.4 Å². The average molecular weight is 291 g/mol. The lowest BCUT2D eigenvalue weighted by Gasteiger charge is -2.13. The van der Waals surface area contributed by atoms with Crippen LogP contribution in [0.15, 0.2) is 24.3 Å². The summed E-state index contributed by atoms with van der Waals surface area (Å²) in [4.78, 5) is 12.0. The van der Waals surface area contributed by atoms with Gasteiger partial charge in [-0.25, -0.2) is 0 Å². The molecule has 0 aliphatic rings. The maximum Gasteiger partial charge on any atom is 0.266 e. The summed E-state index contributed by atoms with van der Waals surface area (Å²) in [6, 6.07) is 7.58. The standard InChI is InChI=1S/C14H17N3O2S/c1-4-12-16-17-14(20-12)15-13(18)10(3)19-11-7-5-9(2)6-8-11/h5-8,10H,4H2,1-3H3,(H,15,17,18). The molecule has 0 radical (unpaired) electrons. The van der Waals surface area contributed by atoms with Gasteiger partial charge in [0.25, 0.3) is 5.91 Å². The van der Waals surface area contributed by atoms with Crippen molar-refractivity contribution in [3.63, 3.8) is 0 Å². The van der Waals surface area contributed by atoms with Gasteiger partial charge in [-0.1, -0.05) is 36.0 Å². The number of rotatable bonds is 5. The summed E-state index contributed by atoms with van der Waals surface area (Å²) < 4.78 is 5.58. The Morgan fingerprint density at radius 3 is 2.65 bits per heavy atom. The van der Waals surface area contributed by atoms with Crippen LogP contribution in [0.25, 0.3) is 0 Å². The molecule has 1 heterocycles. The summed E-state index contributed by atoms with van der Waals surface area (Å²) in [6.07, 6.45) is 0.217. The quantitative estimate of drug-likeness (QED) is 0.920. The minimum atomic E-state index is -0.591. The maximum atomic E-state index is 12.0. The lowest BCUT2D eigenvalue weighted by molar-refractivity contribution is -0.122. The second-order valence-electron chi connectivity index (χ2n) is 4.42. The van der Waals surface area contributed by atoms with E-state index in [1.54, 1.807) is 6.92 Å². The van der Waals surface area contributed by atoms with E-state index in [2.05, 4.69) is 15.5 Å². The van der Waals surface area contributed by atoms with Crippen LogP contribution in [-0.2, 0) is 11.2 Å². The Bertz CT molecular complexity index is 580. The fourth-order valence-electron chi connectivity index (χ4n) is 1.53. The minimum Gasteiger partial charge on any atom is -0.481 e. The molecule has 0 aliphatic heterocycles. The van der Waals surface area contributed by atoms with Gasteiger partial charge < -0.3 is 4.74 Å². The third-order valence-electron chi connectivity index (χ3n) is 2.70. The van der Waals surface area contributed by atoms with Crippen molar-refractivity contribution in [2.24, 2.45) is 0 Å². The van der Waals surface area contributed by atoms with Crippen LogP contribution in [0.4, 0.5) is 5.13 Å². The fourth-order valence-corrected chi connectivity index (χ4v) is 2.21. The molecule has 1 atom stereocenters. The Balaban J connectivity index is 1.93. The molecule has 106 valence electrons. The second-order valence-corrected chi connectivity index (χ2v) is 5.48. The molecular formula is C14H17N3O2S. The molecule has 20 heavy (non-hydrogen) atoms. The van der Waals surface area contributed by atoms with E-state index >= 15 is 0 Å². The van der Waals surface area contributed by atoms with Crippen molar-refractivity contribution in [3.05, 3.63) is 34.8 Å². The molecule has 0 saturated carbocycles. The van der Waals surface area contributed by atoms with Crippen LogP contribution in [-0.4, -0.2) is 22.2 Å².